The molecule has 6 nitrogen and oxygen atoms in total. The molecule has 0 radical (unpaired) electrons. The number of benzene rings is 1. The molecule has 0 bridgehead atoms. The molecule has 19 heavy (non-hydrogen) atoms. The first-order chi connectivity index (χ1) is 9.15. The molecular weight excluding hydrogens is 248 g/mol. The fourth-order valence-corrected chi connectivity index (χ4v) is 1.37. The highest BCUT2D eigenvalue weighted by Crippen LogP contribution is 2.12. The van der Waals surface area contributed by atoms with Gasteiger partial charge in [0.2, 0.25) is 5.76 Å². The average molecular weight is 258 g/mol. The number of carbonyl (C=O) groups is 2. The van der Waals surface area contributed by atoms with E-state index in [1.807, 2.05) is 0 Å². The van der Waals surface area contributed by atoms with Gasteiger partial charge in [-0.2, -0.15) is 0 Å². The van der Waals surface area contributed by atoms with Crippen molar-refractivity contribution in [2.75, 3.05) is 5.32 Å². The van der Waals surface area contributed by atoms with Gasteiger partial charge in [0.1, 0.15) is 0 Å². The quantitative estimate of drug-likeness (QED) is 0.818. The van der Waals surface area contributed by atoms with Crippen LogP contribution in [0.2, 0.25) is 0 Å². The molecule has 0 atom stereocenters. The molecule has 0 aliphatic heterocycles. The van der Waals surface area contributed by atoms with Crippen molar-refractivity contribution in [1.82, 2.24) is 5.16 Å². The van der Waals surface area contributed by atoms with Crippen LogP contribution in [0.5, 0.6) is 0 Å². The molecule has 96 valence electrons. The lowest BCUT2D eigenvalue weighted by Crippen LogP contribution is -2.10. The number of aliphatic carboxylic acids is 1. The number of hydrogen-bond acceptors (Lipinski definition) is 4. The summed E-state index contributed by atoms with van der Waals surface area (Å²) in [5.41, 5.74) is 1.30. The molecule has 1 amide bonds. The highest BCUT2D eigenvalue weighted by Gasteiger charge is 2.09. The summed E-state index contributed by atoms with van der Waals surface area (Å²) in [4.78, 5) is 22.0. The molecule has 0 aliphatic carbocycles. The maximum absolute atomic E-state index is 11.6. The second kappa shape index (κ2) is 5.63. The Kier molecular flexibility index (Phi) is 3.72. The molecule has 6 heteroatoms. The molecule has 1 aromatic carbocycles. The molecule has 0 saturated carbocycles. The monoisotopic (exact) mass is 258 g/mol. The van der Waals surface area contributed by atoms with Crippen molar-refractivity contribution < 1.29 is 19.2 Å². The van der Waals surface area contributed by atoms with Crippen LogP contribution in [0.3, 0.4) is 0 Å². The minimum Gasteiger partial charge on any atom is -0.478 e. The summed E-state index contributed by atoms with van der Waals surface area (Å²) >= 11 is 0. The van der Waals surface area contributed by atoms with Gasteiger partial charge in [0.05, 0.1) is 6.20 Å². The van der Waals surface area contributed by atoms with Crippen LogP contribution in [-0.4, -0.2) is 22.1 Å². The van der Waals surface area contributed by atoms with Crippen LogP contribution in [0, 0.1) is 0 Å². The normalized spacial score (nSPS) is 10.5. The van der Waals surface area contributed by atoms with Crippen molar-refractivity contribution in [3.05, 3.63) is 53.9 Å². The van der Waals surface area contributed by atoms with E-state index in [9.17, 15) is 9.59 Å². The number of hydrogen-bond donors (Lipinski definition) is 2. The van der Waals surface area contributed by atoms with E-state index in [0.717, 1.165) is 11.6 Å². The second-order valence-corrected chi connectivity index (χ2v) is 3.62. The summed E-state index contributed by atoms with van der Waals surface area (Å²) in [5, 5.41) is 14.6. The first-order valence-corrected chi connectivity index (χ1v) is 5.38. The predicted molar refractivity (Wildman–Crippen MR) is 67.6 cm³/mol. The Bertz CT molecular complexity index is 600. The van der Waals surface area contributed by atoms with E-state index in [-0.39, 0.29) is 5.76 Å². The molecule has 0 unspecified atom stereocenters. The van der Waals surface area contributed by atoms with Gasteiger partial charge >= 0.3 is 5.97 Å². The number of nitrogens with one attached hydrogen (secondary N) is 1. The Balaban J connectivity index is 2.03. The lowest BCUT2D eigenvalue weighted by molar-refractivity contribution is -0.131. The Morgan fingerprint density at radius 3 is 2.53 bits per heavy atom. The second-order valence-electron chi connectivity index (χ2n) is 3.62. The van der Waals surface area contributed by atoms with E-state index in [2.05, 4.69) is 10.5 Å². The Labute approximate surface area is 108 Å². The number of amides is 1. The lowest BCUT2D eigenvalue weighted by Gasteiger charge is -2.02. The highest BCUT2D eigenvalue weighted by molar-refractivity contribution is 6.02. The van der Waals surface area contributed by atoms with Gasteiger partial charge in [-0.15, -0.1) is 0 Å². The number of carboxylic acids is 1. The third-order valence-electron chi connectivity index (χ3n) is 2.25. The molecule has 0 fully saturated rings. The number of carbonyl (C=O) groups excluding carboxylic acids is 1. The number of nitrogens with zero attached hydrogens (tertiary/aromatic N) is 1. The minimum atomic E-state index is -1.01. The zero-order valence-electron chi connectivity index (χ0n) is 9.74. The number of aromatic nitrogens is 1. The van der Waals surface area contributed by atoms with E-state index < -0.39 is 11.9 Å². The van der Waals surface area contributed by atoms with Gasteiger partial charge in [-0.3, -0.25) is 4.79 Å². The van der Waals surface area contributed by atoms with Gasteiger partial charge in [-0.05, 0) is 23.8 Å². The summed E-state index contributed by atoms with van der Waals surface area (Å²) in [7, 11) is 0. The van der Waals surface area contributed by atoms with E-state index in [1.54, 1.807) is 24.3 Å². The van der Waals surface area contributed by atoms with Crippen LogP contribution in [0.1, 0.15) is 16.1 Å². The number of carboxylic acid groups (broad SMARTS) is 1. The predicted octanol–water partition coefficient (Wildman–Crippen LogP) is 2.02. The molecular formula is C13H10N2O4. The number of rotatable bonds is 4. The first kappa shape index (κ1) is 12.6. The fourth-order valence-electron chi connectivity index (χ4n) is 1.37. The average Bonchev–Trinajstić information content (AvgIpc) is 2.92. The first-order valence-electron chi connectivity index (χ1n) is 5.38. The van der Waals surface area contributed by atoms with Crippen molar-refractivity contribution >= 4 is 23.6 Å². The zero-order valence-corrected chi connectivity index (χ0v) is 9.74. The van der Waals surface area contributed by atoms with Gasteiger partial charge in [-0.1, -0.05) is 17.3 Å². The van der Waals surface area contributed by atoms with Crippen molar-refractivity contribution in [3.8, 4) is 0 Å². The van der Waals surface area contributed by atoms with Crippen LogP contribution in [0.15, 0.2) is 47.1 Å². The van der Waals surface area contributed by atoms with E-state index in [4.69, 9.17) is 9.63 Å². The minimum absolute atomic E-state index is 0.120. The highest BCUT2D eigenvalue weighted by atomic mass is 16.5. The van der Waals surface area contributed by atoms with E-state index >= 15 is 0 Å². The standard InChI is InChI=1S/C13H10N2O4/c16-12(17)6-3-9-1-4-10(5-2-9)15-13(18)11-7-8-14-19-11/h1-8H,(H,15,18)(H,16,17)/b6-3+. The molecule has 2 aromatic rings. The Morgan fingerprint density at radius 1 is 1.21 bits per heavy atom. The van der Waals surface area contributed by atoms with Gasteiger partial charge in [0, 0.05) is 17.8 Å². The summed E-state index contributed by atoms with van der Waals surface area (Å²) < 4.78 is 4.72. The Morgan fingerprint density at radius 2 is 1.95 bits per heavy atom. The van der Waals surface area contributed by atoms with Crippen molar-refractivity contribution in [1.29, 1.82) is 0 Å². The third kappa shape index (κ3) is 3.53. The zero-order chi connectivity index (χ0) is 13.7. The summed E-state index contributed by atoms with van der Waals surface area (Å²) in [6, 6.07) is 8.16. The summed E-state index contributed by atoms with van der Waals surface area (Å²) in [6.07, 6.45) is 3.89. The topological polar surface area (TPSA) is 92.4 Å². The van der Waals surface area contributed by atoms with E-state index in [1.165, 1.54) is 18.3 Å². The van der Waals surface area contributed by atoms with Gasteiger partial charge in [0.15, 0.2) is 0 Å². The fraction of sp³-hybridized carbons (Fsp3) is 0. The number of anilines is 1. The molecule has 2 rings (SSSR count). The molecule has 2 N–H and O–H groups in total. The summed E-state index contributed by atoms with van der Waals surface area (Å²) in [5.74, 6) is -1.29. The molecule has 0 spiro atoms. The van der Waals surface area contributed by atoms with Crippen molar-refractivity contribution in [3.63, 3.8) is 0 Å². The molecule has 0 saturated heterocycles. The molecule has 1 aromatic heterocycles. The smallest absolute Gasteiger partial charge is 0.328 e. The lowest BCUT2D eigenvalue weighted by atomic mass is 10.2. The largest absolute Gasteiger partial charge is 0.478 e. The van der Waals surface area contributed by atoms with Gasteiger partial charge in [0.25, 0.3) is 5.91 Å². The van der Waals surface area contributed by atoms with E-state index in [0.29, 0.717) is 5.69 Å². The van der Waals surface area contributed by atoms with Gasteiger partial charge < -0.3 is 14.9 Å². The van der Waals surface area contributed by atoms with Crippen LogP contribution >= 0.6 is 0 Å². The molecule has 1 heterocycles. The van der Waals surface area contributed by atoms with Crippen molar-refractivity contribution in [2.45, 2.75) is 0 Å². The molecule has 0 aliphatic rings. The van der Waals surface area contributed by atoms with Crippen LogP contribution < -0.4 is 5.32 Å². The van der Waals surface area contributed by atoms with Crippen LogP contribution in [0.4, 0.5) is 5.69 Å². The maximum atomic E-state index is 11.6. The maximum Gasteiger partial charge on any atom is 0.328 e. The van der Waals surface area contributed by atoms with Crippen LogP contribution in [-0.2, 0) is 4.79 Å². The SMILES string of the molecule is O=C(O)/C=C/c1ccc(NC(=O)c2ccno2)cc1. The van der Waals surface area contributed by atoms with Crippen LogP contribution in [0.25, 0.3) is 6.08 Å². The summed E-state index contributed by atoms with van der Waals surface area (Å²) in [6.45, 7) is 0. The van der Waals surface area contributed by atoms with Crippen molar-refractivity contribution in [2.24, 2.45) is 0 Å². The Hall–Kier alpha value is -2.89. The third-order valence-corrected chi connectivity index (χ3v) is 2.25. The van der Waals surface area contributed by atoms with Gasteiger partial charge in [-0.25, -0.2) is 4.79 Å².